The van der Waals surface area contributed by atoms with Crippen LogP contribution in [-0.2, 0) is 4.74 Å². The van der Waals surface area contributed by atoms with Crippen LogP contribution in [0.1, 0.15) is 11.7 Å². The Morgan fingerprint density at radius 3 is 2.62 bits per heavy atom. The highest BCUT2D eigenvalue weighted by Crippen LogP contribution is 2.23. The molecular weight excluding hydrogens is 168 g/mol. The van der Waals surface area contributed by atoms with Crippen molar-refractivity contribution >= 4 is 5.90 Å². The topological polar surface area (TPSA) is 56.3 Å². The molecule has 1 heterocycles. The molecule has 4 nitrogen and oxygen atoms in total. The maximum absolute atomic E-state index is 9.41. The third kappa shape index (κ3) is 1.31. The molecule has 68 valence electrons. The quantitative estimate of drug-likeness (QED) is 0.525. The van der Waals surface area contributed by atoms with Gasteiger partial charge < -0.3 is 20.4 Å². The van der Waals surface area contributed by atoms with Crippen molar-refractivity contribution in [3.63, 3.8) is 0 Å². The number of nitrogens with zero attached hydrogens (tertiary/aromatic N) is 1. The van der Waals surface area contributed by atoms with E-state index in [1.54, 1.807) is 0 Å². The van der Waals surface area contributed by atoms with Crippen molar-refractivity contribution in [1.82, 2.24) is 0 Å². The summed E-state index contributed by atoms with van der Waals surface area (Å²) in [6.45, 7) is 1.17. The molecule has 0 saturated carbocycles. The van der Waals surface area contributed by atoms with Gasteiger partial charge in [0.15, 0.2) is 0 Å². The molecule has 0 spiro atoms. The summed E-state index contributed by atoms with van der Waals surface area (Å²) in [6, 6.07) is 9.29. The van der Waals surface area contributed by atoms with Crippen LogP contribution in [0.3, 0.4) is 0 Å². The van der Waals surface area contributed by atoms with E-state index in [2.05, 4.69) is 0 Å². The molecule has 1 aliphatic heterocycles. The lowest BCUT2D eigenvalue weighted by molar-refractivity contribution is -0.442. The van der Waals surface area contributed by atoms with Gasteiger partial charge in [0.05, 0.1) is 0 Å². The Hall–Kier alpha value is -1.68. The third-order valence-corrected chi connectivity index (χ3v) is 1.89. The van der Waals surface area contributed by atoms with Crippen LogP contribution in [0.15, 0.2) is 30.3 Å². The summed E-state index contributed by atoms with van der Waals surface area (Å²) < 4.78 is 5.91. The molecule has 1 atom stereocenters. The molecule has 13 heavy (non-hydrogen) atoms. The van der Waals surface area contributed by atoms with E-state index in [1.165, 1.54) is 6.73 Å². The Bertz CT molecular complexity index is 335. The zero-order chi connectivity index (χ0) is 9.26. The molecule has 1 aromatic rings. The average molecular weight is 177 g/mol. The molecule has 0 radical (unpaired) electrons. The van der Waals surface area contributed by atoms with E-state index in [0.29, 0.717) is 0 Å². The monoisotopic (exact) mass is 177 g/mol. The lowest BCUT2D eigenvalue weighted by atomic mass is 10.1. The SMILES string of the molecule is [NH-][N+]1=C(O)C(c2ccccc2)O[CH-]1. The molecule has 1 aliphatic rings. The van der Waals surface area contributed by atoms with E-state index in [1.807, 2.05) is 30.3 Å². The number of hydrogen-bond donors (Lipinski definition) is 1. The summed E-state index contributed by atoms with van der Waals surface area (Å²) in [5.41, 5.74) is 0.839. The van der Waals surface area contributed by atoms with Crippen LogP contribution in [0.5, 0.6) is 0 Å². The van der Waals surface area contributed by atoms with Crippen molar-refractivity contribution < 1.29 is 14.5 Å². The second-order valence-electron chi connectivity index (χ2n) is 2.76. The van der Waals surface area contributed by atoms with Crippen molar-refractivity contribution in [3.8, 4) is 0 Å². The van der Waals surface area contributed by atoms with E-state index < -0.39 is 6.10 Å². The first kappa shape index (κ1) is 7.94. The van der Waals surface area contributed by atoms with Crippen molar-refractivity contribution in [2.45, 2.75) is 6.10 Å². The minimum atomic E-state index is -0.529. The molecule has 0 amide bonds. The number of rotatable bonds is 1. The highest BCUT2D eigenvalue weighted by atomic mass is 16.5. The maximum Gasteiger partial charge on any atom is 0.219 e. The van der Waals surface area contributed by atoms with Gasteiger partial charge in [-0.25, -0.2) is 0 Å². The Morgan fingerprint density at radius 1 is 1.38 bits per heavy atom. The van der Waals surface area contributed by atoms with Crippen molar-refractivity contribution in [1.29, 1.82) is 0 Å². The molecule has 2 N–H and O–H groups in total. The highest BCUT2D eigenvalue weighted by Gasteiger charge is 2.22. The van der Waals surface area contributed by atoms with Gasteiger partial charge in [-0.2, -0.15) is 0 Å². The van der Waals surface area contributed by atoms with Crippen molar-refractivity contribution in [2.75, 3.05) is 0 Å². The van der Waals surface area contributed by atoms with E-state index in [9.17, 15) is 5.11 Å². The van der Waals surface area contributed by atoms with Crippen LogP contribution in [0.2, 0.25) is 0 Å². The van der Waals surface area contributed by atoms with Crippen molar-refractivity contribution in [3.05, 3.63) is 48.5 Å². The minimum absolute atomic E-state index is 0.105. The molecule has 0 saturated heterocycles. The second kappa shape index (κ2) is 2.99. The molecule has 0 bridgehead atoms. The van der Waals surface area contributed by atoms with Crippen LogP contribution >= 0.6 is 0 Å². The fraction of sp³-hybridized carbons (Fsp3) is 0.111. The van der Waals surface area contributed by atoms with Crippen LogP contribution in [0.25, 0.3) is 5.84 Å². The molecule has 0 aliphatic carbocycles. The zero-order valence-electron chi connectivity index (χ0n) is 6.84. The summed E-state index contributed by atoms with van der Waals surface area (Å²) in [6.07, 6.45) is -0.529. The lowest BCUT2D eigenvalue weighted by Crippen LogP contribution is -2.11. The first-order valence-electron chi connectivity index (χ1n) is 3.89. The predicted octanol–water partition coefficient (Wildman–Crippen LogP) is 1.81. The van der Waals surface area contributed by atoms with Crippen LogP contribution in [0, 0.1) is 6.73 Å². The largest absolute Gasteiger partial charge is 0.545 e. The molecule has 2 rings (SSSR count). The Labute approximate surface area is 75.8 Å². The van der Waals surface area contributed by atoms with E-state index in [0.717, 1.165) is 10.2 Å². The summed E-state index contributed by atoms with van der Waals surface area (Å²) in [4.78, 5) is 0. The summed E-state index contributed by atoms with van der Waals surface area (Å²) >= 11 is 0. The zero-order valence-corrected chi connectivity index (χ0v) is 6.84. The molecule has 0 fully saturated rings. The van der Waals surface area contributed by atoms with Gasteiger partial charge in [-0.15, -0.1) is 0 Å². The van der Waals surface area contributed by atoms with Crippen LogP contribution in [0.4, 0.5) is 0 Å². The first-order valence-corrected chi connectivity index (χ1v) is 3.89. The van der Waals surface area contributed by atoms with Gasteiger partial charge in [0.2, 0.25) is 5.90 Å². The van der Waals surface area contributed by atoms with Gasteiger partial charge in [0.25, 0.3) is 0 Å². The predicted molar refractivity (Wildman–Crippen MR) is 46.8 cm³/mol. The summed E-state index contributed by atoms with van der Waals surface area (Å²) in [5.74, 6) is 7.08. The van der Waals surface area contributed by atoms with E-state index in [4.69, 9.17) is 10.6 Å². The smallest absolute Gasteiger partial charge is 0.219 e. The normalized spacial score (nSPS) is 21.7. The molecule has 1 aromatic carbocycles. The average Bonchev–Trinajstić information content (AvgIpc) is 2.49. The van der Waals surface area contributed by atoms with Crippen molar-refractivity contribution in [2.24, 2.45) is 0 Å². The number of aliphatic hydroxyl groups excluding tert-OH is 1. The second-order valence-corrected chi connectivity index (χ2v) is 2.76. The fourth-order valence-corrected chi connectivity index (χ4v) is 1.22. The van der Waals surface area contributed by atoms with Gasteiger partial charge in [0.1, 0.15) is 12.8 Å². The number of benzene rings is 1. The Morgan fingerprint density at radius 2 is 2.08 bits per heavy atom. The summed E-state index contributed by atoms with van der Waals surface area (Å²) in [5, 5.41) is 9.41. The Balaban J connectivity index is 2.30. The van der Waals surface area contributed by atoms with Gasteiger partial charge in [-0.05, 0) is 5.56 Å². The number of ether oxygens (including phenoxy) is 1. The van der Waals surface area contributed by atoms with E-state index in [-0.39, 0.29) is 5.90 Å². The van der Waals surface area contributed by atoms with E-state index >= 15 is 0 Å². The standard InChI is InChI=1S/C9H9N2O2/c10-11-6-13-8(9(11)12)7-4-2-1-3-5-7/h1-6,8,10,12H/q-1. The number of nitrogens with one attached hydrogen (secondary N) is 1. The summed E-state index contributed by atoms with van der Waals surface area (Å²) in [7, 11) is 0. The fourth-order valence-electron chi connectivity index (χ4n) is 1.22. The van der Waals surface area contributed by atoms with Gasteiger partial charge >= 0.3 is 0 Å². The molecular formula is C9H9N2O2-. The van der Waals surface area contributed by atoms with Crippen LogP contribution < -0.4 is 0 Å². The maximum atomic E-state index is 9.41. The number of aliphatic hydroxyl groups is 1. The number of hydrogen-bond acceptors (Lipinski definition) is 1. The molecule has 1 unspecified atom stereocenters. The third-order valence-electron chi connectivity index (χ3n) is 1.89. The van der Waals surface area contributed by atoms with Gasteiger partial charge in [-0.1, -0.05) is 30.3 Å². The van der Waals surface area contributed by atoms with Gasteiger partial charge in [0, 0.05) is 0 Å². The first-order chi connectivity index (χ1) is 6.29. The Kier molecular flexibility index (Phi) is 1.83. The van der Waals surface area contributed by atoms with Gasteiger partial charge in [-0.3, -0.25) is 0 Å². The lowest BCUT2D eigenvalue weighted by Gasteiger charge is -2.10. The molecule has 4 heteroatoms. The highest BCUT2D eigenvalue weighted by molar-refractivity contribution is 5.76. The van der Waals surface area contributed by atoms with Crippen LogP contribution in [-0.4, -0.2) is 15.7 Å². The molecule has 0 aromatic heterocycles. The minimum Gasteiger partial charge on any atom is -0.545 e.